The van der Waals surface area contributed by atoms with Crippen molar-refractivity contribution in [1.82, 2.24) is 0 Å². The lowest BCUT2D eigenvalue weighted by Crippen LogP contribution is -2.15. The molecule has 2 nitrogen and oxygen atoms in total. The summed E-state index contributed by atoms with van der Waals surface area (Å²) in [5.41, 5.74) is 6.51. The topological polar surface area (TPSA) is 35.2 Å². The van der Waals surface area contributed by atoms with Crippen LogP contribution >= 0.6 is 22.6 Å². The lowest BCUT2D eigenvalue weighted by molar-refractivity contribution is 0.208. The van der Waals surface area contributed by atoms with E-state index in [1.807, 2.05) is 18.2 Å². The molecule has 0 atom stereocenters. The van der Waals surface area contributed by atoms with E-state index in [2.05, 4.69) is 22.6 Å². The molecule has 0 radical (unpaired) electrons. The van der Waals surface area contributed by atoms with Gasteiger partial charge in [-0.2, -0.15) is 0 Å². The highest BCUT2D eigenvalue weighted by molar-refractivity contribution is 14.1. The van der Waals surface area contributed by atoms with Crippen LogP contribution in [0.1, 0.15) is 32.1 Å². The molecule has 2 rings (SSSR count). The largest absolute Gasteiger partial charge is 0.492 e. The molecular formula is C13H18INO. The standard InChI is InChI=1S/C13H18INO/c14-12-8-11(15)6-7-13(12)16-9-10-4-2-1-3-5-10/h6-8,10H,1-5,9,15H2. The second-order valence-corrected chi connectivity index (χ2v) is 5.67. The van der Waals surface area contributed by atoms with E-state index in [1.165, 1.54) is 32.1 Å². The van der Waals surface area contributed by atoms with Crippen LogP contribution in [0, 0.1) is 9.49 Å². The SMILES string of the molecule is Nc1ccc(OCC2CCCCC2)c(I)c1. The van der Waals surface area contributed by atoms with Gasteiger partial charge in [-0.1, -0.05) is 19.3 Å². The highest BCUT2D eigenvalue weighted by Crippen LogP contribution is 2.27. The molecule has 0 aliphatic heterocycles. The van der Waals surface area contributed by atoms with E-state index in [0.717, 1.165) is 27.5 Å². The maximum absolute atomic E-state index is 5.87. The first-order valence-electron chi connectivity index (χ1n) is 5.93. The van der Waals surface area contributed by atoms with Crippen molar-refractivity contribution in [3.05, 3.63) is 21.8 Å². The van der Waals surface area contributed by atoms with Gasteiger partial charge in [0.25, 0.3) is 0 Å². The van der Waals surface area contributed by atoms with Gasteiger partial charge in [0.2, 0.25) is 0 Å². The molecule has 1 aromatic carbocycles. The quantitative estimate of drug-likeness (QED) is 0.675. The van der Waals surface area contributed by atoms with Gasteiger partial charge in [-0.25, -0.2) is 0 Å². The summed E-state index contributed by atoms with van der Waals surface area (Å²) in [6.07, 6.45) is 6.78. The van der Waals surface area contributed by atoms with Gasteiger partial charge in [0.1, 0.15) is 5.75 Å². The Labute approximate surface area is 111 Å². The predicted molar refractivity (Wildman–Crippen MR) is 75.6 cm³/mol. The zero-order valence-corrected chi connectivity index (χ0v) is 11.6. The second kappa shape index (κ2) is 5.75. The van der Waals surface area contributed by atoms with Crippen molar-refractivity contribution in [3.8, 4) is 5.75 Å². The molecule has 0 unspecified atom stereocenters. The van der Waals surface area contributed by atoms with E-state index < -0.39 is 0 Å². The number of ether oxygens (including phenoxy) is 1. The maximum Gasteiger partial charge on any atom is 0.132 e. The van der Waals surface area contributed by atoms with Crippen molar-refractivity contribution in [3.63, 3.8) is 0 Å². The molecule has 1 fully saturated rings. The highest BCUT2D eigenvalue weighted by atomic mass is 127. The number of benzene rings is 1. The van der Waals surface area contributed by atoms with Crippen molar-refractivity contribution < 1.29 is 4.74 Å². The molecule has 16 heavy (non-hydrogen) atoms. The molecule has 88 valence electrons. The molecule has 1 saturated carbocycles. The van der Waals surface area contributed by atoms with Crippen molar-refractivity contribution in [2.45, 2.75) is 32.1 Å². The third-order valence-corrected chi connectivity index (χ3v) is 4.00. The van der Waals surface area contributed by atoms with Crippen LogP contribution < -0.4 is 10.5 Å². The first-order valence-corrected chi connectivity index (χ1v) is 7.01. The molecule has 0 saturated heterocycles. The van der Waals surface area contributed by atoms with Gasteiger partial charge in [-0.3, -0.25) is 0 Å². The zero-order chi connectivity index (χ0) is 11.4. The Hall–Kier alpha value is -0.450. The number of nitrogens with two attached hydrogens (primary N) is 1. The van der Waals surface area contributed by atoms with Gasteiger partial charge < -0.3 is 10.5 Å². The number of hydrogen-bond donors (Lipinski definition) is 1. The van der Waals surface area contributed by atoms with Gasteiger partial charge in [-0.15, -0.1) is 0 Å². The predicted octanol–water partition coefficient (Wildman–Crippen LogP) is 3.83. The maximum atomic E-state index is 5.87. The van der Waals surface area contributed by atoms with Crippen LogP contribution in [0.2, 0.25) is 0 Å². The summed E-state index contributed by atoms with van der Waals surface area (Å²) < 4.78 is 6.97. The summed E-state index contributed by atoms with van der Waals surface area (Å²) in [5, 5.41) is 0. The fraction of sp³-hybridized carbons (Fsp3) is 0.538. The Balaban J connectivity index is 1.88. The van der Waals surface area contributed by atoms with Crippen molar-refractivity contribution >= 4 is 28.3 Å². The van der Waals surface area contributed by atoms with E-state index in [9.17, 15) is 0 Å². The first-order chi connectivity index (χ1) is 7.75. The third kappa shape index (κ3) is 3.27. The second-order valence-electron chi connectivity index (χ2n) is 4.50. The number of hydrogen-bond acceptors (Lipinski definition) is 2. The average molecular weight is 331 g/mol. The minimum absolute atomic E-state index is 0.752. The lowest BCUT2D eigenvalue weighted by atomic mass is 9.90. The number of halogens is 1. The minimum Gasteiger partial charge on any atom is -0.492 e. The molecule has 0 spiro atoms. The monoisotopic (exact) mass is 331 g/mol. The van der Waals surface area contributed by atoms with Gasteiger partial charge in [0.15, 0.2) is 0 Å². The van der Waals surface area contributed by atoms with Gasteiger partial charge in [0.05, 0.1) is 10.2 Å². The molecule has 3 heteroatoms. The molecule has 0 amide bonds. The minimum atomic E-state index is 0.752. The van der Waals surface area contributed by atoms with Gasteiger partial charge in [-0.05, 0) is 59.5 Å². The summed E-state index contributed by atoms with van der Waals surface area (Å²) in [7, 11) is 0. The average Bonchev–Trinajstić information content (AvgIpc) is 2.29. The molecular weight excluding hydrogens is 313 g/mol. The lowest BCUT2D eigenvalue weighted by Gasteiger charge is -2.22. The Morgan fingerprint density at radius 1 is 1.25 bits per heavy atom. The summed E-state index contributed by atoms with van der Waals surface area (Å²) >= 11 is 2.28. The molecule has 2 N–H and O–H groups in total. The Bertz CT molecular complexity index is 348. The Morgan fingerprint density at radius 2 is 2.00 bits per heavy atom. The van der Waals surface area contributed by atoms with Crippen molar-refractivity contribution in [1.29, 1.82) is 0 Å². The molecule has 0 aromatic heterocycles. The smallest absolute Gasteiger partial charge is 0.132 e. The third-order valence-electron chi connectivity index (χ3n) is 3.16. The van der Waals surface area contributed by atoms with Crippen LogP contribution in [0.15, 0.2) is 18.2 Å². The number of nitrogen functional groups attached to an aromatic ring is 1. The summed E-state index contributed by atoms with van der Waals surface area (Å²) in [6.45, 7) is 0.861. The Morgan fingerprint density at radius 3 is 2.69 bits per heavy atom. The highest BCUT2D eigenvalue weighted by Gasteiger charge is 2.14. The summed E-state index contributed by atoms with van der Waals surface area (Å²) in [5.74, 6) is 1.72. The van der Waals surface area contributed by atoms with Crippen molar-refractivity contribution in [2.24, 2.45) is 5.92 Å². The number of rotatable bonds is 3. The molecule has 0 bridgehead atoms. The summed E-state index contributed by atoms with van der Waals surface area (Å²) in [4.78, 5) is 0. The molecule has 1 aromatic rings. The Kier molecular flexibility index (Phi) is 4.32. The molecule has 0 heterocycles. The van der Waals surface area contributed by atoms with Gasteiger partial charge in [0, 0.05) is 5.69 Å². The van der Waals surface area contributed by atoms with Gasteiger partial charge >= 0.3 is 0 Å². The fourth-order valence-corrected chi connectivity index (χ4v) is 2.89. The first kappa shape index (κ1) is 12.0. The van der Waals surface area contributed by atoms with E-state index in [0.29, 0.717) is 0 Å². The van der Waals surface area contributed by atoms with Crippen LogP contribution in [0.25, 0.3) is 0 Å². The van der Waals surface area contributed by atoms with Crippen molar-refractivity contribution in [2.75, 3.05) is 12.3 Å². The van der Waals surface area contributed by atoms with E-state index in [1.54, 1.807) is 0 Å². The normalized spacial score (nSPS) is 17.3. The zero-order valence-electron chi connectivity index (χ0n) is 9.42. The molecule has 1 aliphatic carbocycles. The molecule has 1 aliphatic rings. The number of anilines is 1. The van der Waals surface area contributed by atoms with E-state index >= 15 is 0 Å². The van der Waals surface area contributed by atoms with E-state index in [4.69, 9.17) is 10.5 Å². The van der Waals surface area contributed by atoms with Crippen LogP contribution in [0.3, 0.4) is 0 Å². The fourth-order valence-electron chi connectivity index (χ4n) is 2.20. The van der Waals surface area contributed by atoms with Crippen LogP contribution in [0.4, 0.5) is 5.69 Å². The van der Waals surface area contributed by atoms with Crippen LogP contribution in [-0.2, 0) is 0 Å². The van der Waals surface area contributed by atoms with Crippen LogP contribution in [0.5, 0.6) is 5.75 Å². The summed E-state index contributed by atoms with van der Waals surface area (Å²) in [6, 6.07) is 5.83. The van der Waals surface area contributed by atoms with Crippen LogP contribution in [-0.4, -0.2) is 6.61 Å². The van der Waals surface area contributed by atoms with E-state index in [-0.39, 0.29) is 0 Å².